The number of benzene rings is 1. The van der Waals surface area contributed by atoms with Crippen LogP contribution in [0.25, 0.3) is 0 Å². The van der Waals surface area contributed by atoms with E-state index in [9.17, 15) is 14.4 Å². The summed E-state index contributed by atoms with van der Waals surface area (Å²) in [4.78, 5) is 36.3. The van der Waals surface area contributed by atoms with E-state index < -0.39 is 23.7 Å². The number of aromatic nitrogens is 2. The lowest BCUT2D eigenvalue weighted by molar-refractivity contribution is -0.121. The van der Waals surface area contributed by atoms with Crippen LogP contribution in [0.2, 0.25) is 5.02 Å². The van der Waals surface area contributed by atoms with Gasteiger partial charge in [-0.2, -0.15) is 5.26 Å². The van der Waals surface area contributed by atoms with Crippen molar-refractivity contribution in [3.05, 3.63) is 67.4 Å². The van der Waals surface area contributed by atoms with E-state index in [0.717, 1.165) is 10.1 Å². The topological polar surface area (TPSA) is 96.9 Å². The van der Waals surface area contributed by atoms with Gasteiger partial charge in [-0.1, -0.05) is 23.7 Å². The van der Waals surface area contributed by atoms with Crippen molar-refractivity contribution in [3.8, 4) is 6.07 Å². The van der Waals surface area contributed by atoms with Gasteiger partial charge in [-0.15, -0.1) is 0 Å². The summed E-state index contributed by atoms with van der Waals surface area (Å²) in [5.74, 6) is -0.467. The smallest absolute Gasteiger partial charge is 0.331 e. The van der Waals surface area contributed by atoms with Gasteiger partial charge in [-0.3, -0.25) is 14.2 Å². The fourth-order valence-electron chi connectivity index (χ4n) is 2.29. The number of aryl methyl sites for hydroxylation is 1. The summed E-state index contributed by atoms with van der Waals surface area (Å²) in [5, 5.41) is 12.3. The molecule has 0 radical (unpaired) electrons. The highest BCUT2D eigenvalue weighted by atomic mass is 35.5. The minimum atomic E-state index is -0.759. The maximum Gasteiger partial charge on any atom is 0.331 e. The zero-order valence-corrected chi connectivity index (χ0v) is 14.4. The number of amides is 1. The van der Waals surface area contributed by atoms with Crippen LogP contribution in [-0.4, -0.2) is 21.6 Å². The van der Waals surface area contributed by atoms with Gasteiger partial charge in [-0.05, 0) is 31.0 Å². The predicted octanol–water partition coefficient (Wildman–Crippen LogP) is 0.914. The van der Waals surface area contributed by atoms with Crippen LogP contribution < -0.4 is 16.6 Å². The molecule has 1 heterocycles. The Morgan fingerprint density at radius 2 is 1.96 bits per heavy atom. The van der Waals surface area contributed by atoms with Crippen molar-refractivity contribution in [2.24, 2.45) is 0 Å². The number of nitrogens with one attached hydrogen (secondary N) is 1. The van der Waals surface area contributed by atoms with Crippen LogP contribution >= 0.6 is 11.6 Å². The van der Waals surface area contributed by atoms with Crippen LogP contribution in [0.4, 0.5) is 0 Å². The molecule has 1 amide bonds. The first-order valence-electron chi connectivity index (χ1n) is 7.71. The van der Waals surface area contributed by atoms with Crippen LogP contribution in [0.5, 0.6) is 0 Å². The maximum atomic E-state index is 12.2. The summed E-state index contributed by atoms with van der Waals surface area (Å²) >= 11 is 5.81. The average molecular weight is 361 g/mol. The summed E-state index contributed by atoms with van der Waals surface area (Å²) in [6.07, 6.45) is 1.80. The van der Waals surface area contributed by atoms with Gasteiger partial charge in [0.25, 0.3) is 5.56 Å². The van der Waals surface area contributed by atoms with Crippen molar-refractivity contribution in [2.75, 3.05) is 6.54 Å². The molecular formula is C17H17ClN4O3. The molecule has 1 aromatic heterocycles. The molecule has 8 heteroatoms. The lowest BCUT2D eigenvalue weighted by Gasteiger charge is -2.10. The highest BCUT2D eigenvalue weighted by Crippen LogP contribution is 2.09. The summed E-state index contributed by atoms with van der Waals surface area (Å²) in [7, 11) is 0. The molecule has 1 aromatic carbocycles. The molecule has 0 aliphatic heterocycles. The Kier molecular flexibility index (Phi) is 6.14. The molecule has 7 nitrogen and oxygen atoms in total. The third-order valence-electron chi connectivity index (χ3n) is 3.65. The number of nitriles is 1. The first-order chi connectivity index (χ1) is 12.0. The van der Waals surface area contributed by atoms with Crippen molar-refractivity contribution in [1.29, 1.82) is 5.26 Å². The zero-order chi connectivity index (χ0) is 18.4. The van der Waals surface area contributed by atoms with Crippen LogP contribution in [0, 0.1) is 11.3 Å². The molecule has 0 aliphatic carbocycles. The number of halogens is 1. The Bertz CT molecular complexity index is 923. The maximum absolute atomic E-state index is 12.2. The molecule has 0 atom stereocenters. The fourth-order valence-corrected chi connectivity index (χ4v) is 2.42. The normalized spacial score (nSPS) is 10.3. The van der Waals surface area contributed by atoms with E-state index in [-0.39, 0.29) is 5.56 Å². The molecule has 0 saturated carbocycles. The van der Waals surface area contributed by atoms with E-state index in [1.54, 1.807) is 25.1 Å². The molecule has 25 heavy (non-hydrogen) atoms. The van der Waals surface area contributed by atoms with Crippen molar-refractivity contribution in [2.45, 2.75) is 26.4 Å². The molecule has 0 bridgehead atoms. The molecule has 0 aliphatic rings. The van der Waals surface area contributed by atoms with Gasteiger partial charge in [-0.25, -0.2) is 9.36 Å². The molecular weight excluding hydrogens is 344 g/mol. The third kappa shape index (κ3) is 4.58. The van der Waals surface area contributed by atoms with Crippen LogP contribution in [0.3, 0.4) is 0 Å². The molecule has 130 valence electrons. The van der Waals surface area contributed by atoms with Crippen molar-refractivity contribution < 1.29 is 4.79 Å². The lowest BCUT2D eigenvalue weighted by atomic mass is 10.1. The van der Waals surface area contributed by atoms with Crippen molar-refractivity contribution in [1.82, 2.24) is 14.5 Å². The van der Waals surface area contributed by atoms with E-state index in [1.807, 2.05) is 12.1 Å². The molecule has 0 spiro atoms. The average Bonchev–Trinajstić information content (AvgIpc) is 2.60. The minimum Gasteiger partial charge on any atom is -0.354 e. The molecule has 0 unspecified atom stereocenters. The van der Waals surface area contributed by atoms with Crippen LogP contribution in [0.1, 0.15) is 18.1 Å². The molecule has 1 N–H and O–H groups in total. The largest absolute Gasteiger partial charge is 0.354 e. The zero-order valence-electron chi connectivity index (χ0n) is 13.7. The van der Waals surface area contributed by atoms with E-state index in [4.69, 9.17) is 16.9 Å². The summed E-state index contributed by atoms with van der Waals surface area (Å²) in [6.45, 7) is 1.94. The van der Waals surface area contributed by atoms with Gasteiger partial charge < -0.3 is 5.32 Å². The van der Waals surface area contributed by atoms with Crippen molar-refractivity contribution >= 4 is 17.5 Å². The Labute approximate surface area is 149 Å². The summed E-state index contributed by atoms with van der Waals surface area (Å²) in [5.41, 5.74) is -0.540. The second-order valence-corrected chi connectivity index (χ2v) is 5.78. The Morgan fingerprint density at radius 1 is 1.28 bits per heavy atom. The highest BCUT2D eigenvalue weighted by molar-refractivity contribution is 6.30. The van der Waals surface area contributed by atoms with E-state index >= 15 is 0 Å². The number of hydrogen-bond donors (Lipinski definition) is 1. The molecule has 2 rings (SSSR count). The Hall–Kier alpha value is -2.85. The second-order valence-electron chi connectivity index (χ2n) is 5.34. The van der Waals surface area contributed by atoms with Gasteiger partial charge >= 0.3 is 5.69 Å². The fraction of sp³-hybridized carbons (Fsp3) is 0.294. The van der Waals surface area contributed by atoms with Crippen LogP contribution in [-0.2, 0) is 24.3 Å². The Balaban J connectivity index is 2.05. The third-order valence-corrected chi connectivity index (χ3v) is 3.90. The van der Waals surface area contributed by atoms with Gasteiger partial charge in [0.15, 0.2) is 0 Å². The Morgan fingerprint density at radius 3 is 2.56 bits per heavy atom. The predicted molar refractivity (Wildman–Crippen MR) is 93.5 cm³/mol. The van der Waals surface area contributed by atoms with Gasteiger partial charge in [0.05, 0.1) is 0 Å². The first-order valence-corrected chi connectivity index (χ1v) is 8.09. The van der Waals surface area contributed by atoms with Gasteiger partial charge in [0, 0.05) is 24.3 Å². The number of carbonyl (C=O) groups excluding carboxylic acids is 1. The number of carbonyl (C=O) groups is 1. The summed E-state index contributed by atoms with van der Waals surface area (Å²) < 4.78 is 2.00. The summed E-state index contributed by atoms with van der Waals surface area (Å²) in [6, 6.07) is 8.98. The highest BCUT2D eigenvalue weighted by Gasteiger charge is 2.13. The van der Waals surface area contributed by atoms with Gasteiger partial charge in [0.1, 0.15) is 18.2 Å². The first kappa shape index (κ1) is 18.5. The SMILES string of the molecule is CCn1cc(C#N)c(=O)n(CC(=O)NCCc2ccc(Cl)cc2)c1=O. The number of rotatable bonds is 6. The van der Waals surface area contributed by atoms with Crippen LogP contribution in [0.15, 0.2) is 40.1 Å². The van der Waals surface area contributed by atoms with E-state index in [1.165, 1.54) is 10.8 Å². The van der Waals surface area contributed by atoms with Gasteiger partial charge in [0.2, 0.25) is 5.91 Å². The standard InChI is InChI=1S/C17H17ClN4O3/c1-2-21-10-13(9-19)16(24)22(17(21)25)11-15(23)20-8-7-12-3-5-14(18)6-4-12/h3-6,10H,2,7-8,11H2,1H3,(H,20,23). The van der Waals surface area contributed by atoms with E-state index in [2.05, 4.69) is 5.32 Å². The number of nitrogens with zero attached hydrogens (tertiary/aromatic N) is 3. The van der Waals surface area contributed by atoms with Crippen molar-refractivity contribution in [3.63, 3.8) is 0 Å². The lowest BCUT2D eigenvalue weighted by Crippen LogP contribution is -2.44. The molecule has 0 saturated heterocycles. The monoisotopic (exact) mass is 360 g/mol. The molecule has 0 fully saturated rings. The quantitative estimate of drug-likeness (QED) is 0.828. The minimum absolute atomic E-state index is 0.171. The number of hydrogen-bond acceptors (Lipinski definition) is 4. The van der Waals surface area contributed by atoms with E-state index in [0.29, 0.717) is 24.5 Å². The second kappa shape index (κ2) is 8.31. The molecule has 2 aromatic rings.